The number of hydrogen-bond acceptors (Lipinski definition) is 4. The Hall–Kier alpha value is -0.920. The Balaban J connectivity index is 2.35. The van der Waals surface area contributed by atoms with Gasteiger partial charge in [-0.15, -0.1) is 0 Å². The topological polar surface area (TPSA) is 92.1 Å². The van der Waals surface area contributed by atoms with E-state index in [9.17, 15) is 8.42 Å². The first-order valence-corrected chi connectivity index (χ1v) is 8.72. The fourth-order valence-electron chi connectivity index (χ4n) is 2.99. The third kappa shape index (κ3) is 2.75. The van der Waals surface area contributed by atoms with E-state index in [1.165, 1.54) is 6.42 Å². The second-order valence-electron chi connectivity index (χ2n) is 5.34. The van der Waals surface area contributed by atoms with Crippen LogP contribution < -0.4 is 5.73 Å². The minimum Gasteiger partial charge on any atom is -0.326 e. The molecular weight excluding hydrogens is 276 g/mol. The third-order valence-corrected chi connectivity index (χ3v) is 6.09. The molecule has 1 aliphatic rings. The predicted molar refractivity (Wildman–Crippen MR) is 77.7 cm³/mol. The van der Waals surface area contributed by atoms with Gasteiger partial charge in [0, 0.05) is 30.4 Å². The van der Waals surface area contributed by atoms with Gasteiger partial charge in [-0.05, 0) is 19.8 Å². The van der Waals surface area contributed by atoms with Crippen molar-refractivity contribution in [2.24, 2.45) is 5.73 Å². The minimum absolute atomic E-state index is 0.0985. The first-order chi connectivity index (χ1) is 9.52. The summed E-state index contributed by atoms with van der Waals surface area (Å²) in [5.74, 6) is 0. The van der Waals surface area contributed by atoms with Crippen LogP contribution in [0.5, 0.6) is 0 Å². The normalized spacial score (nSPS) is 17.8. The van der Waals surface area contributed by atoms with Gasteiger partial charge in [0.05, 0.1) is 0 Å². The quantitative estimate of drug-likeness (QED) is 0.862. The summed E-state index contributed by atoms with van der Waals surface area (Å²) in [6.45, 7) is 4.33. The van der Waals surface area contributed by atoms with E-state index in [-0.39, 0.29) is 17.6 Å². The molecule has 2 rings (SSSR count). The summed E-state index contributed by atoms with van der Waals surface area (Å²) in [6, 6.07) is 0.0985. The van der Waals surface area contributed by atoms with Gasteiger partial charge in [0.15, 0.2) is 5.03 Å². The lowest BCUT2D eigenvalue weighted by molar-refractivity contribution is 0.260. The number of nitrogens with zero attached hydrogens (tertiary/aromatic N) is 2. The Labute approximate surface area is 120 Å². The molecule has 0 radical (unpaired) electrons. The van der Waals surface area contributed by atoms with E-state index in [2.05, 4.69) is 10.2 Å². The number of H-pyrrole nitrogens is 1. The number of rotatable bonds is 5. The van der Waals surface area contributed by atoms with E-state index in [1.807, 2.05) is 6.92 Å². The molecule has 0 aliphatic heterocycles. The molecule has 1 fully saturated rings. The fraction of sp³-hybridized carbons (Fsp3) is 0.769. The lowest BCUT2D eigenvalue weighted by Crippen LogP contribution is -2.41. The van der Waals surface area contributed by atoms with Crippen LogP contribution in [0.25, 0.3) is 0 Å². The highest BCUT2D eigenvalue weighted by Gasteiger charge is 2.34. The van der Waals surface area contributed by atoms with Gasteiger partial charge in [-0.3, -0.25) is 5.10 Å². The molecule has 1 aromatic rings. The fourth-order valence-corrected chi connectivity index (χ4v) is 4.86. The van der Waals surface area contributed by atoms with Crippen LogP contribution in [0.2, 0.25) is 0 Å². The van der Waals surface area contributed by atoms with Crippen molar-refractivity contribution in [3.63, 3.8) is 0 Å². The largest absolute Gasteiger partial charge is 0.326 e. The average molecular weight is 300 g/mol. The molecule has 0 atom stereocenters. The molecule has 1 aromatic heterocycles. The standard InChI is InChI=1S/C13H24N4O2S/c1-3-17(11-7-5-4-6-8-11)20(18,19)13-12(9-14)10(2)15-16-13/h11H,3-9,14H2,1-2H3,(H,15,16). The van der Waals surface area contributed by atoms with Crippen LogP contribution in [0.3, 0.4) is 0 Å². The van der Waals surface area contributed by atoms with Crippen LogP contribution in [-0.4, -0.2) is 35.5 Å². The molecule has 1 heterocycles. The van der Waals surface area contributed by atoms with Crippen LogP contribution in [0.4, 0.5) is 0 Å². The number of sulfonamides is 1. The summed E-state index contributed by atoms with van der Waals surface area (Å²) in [7, 11) is -3.56. The maximum absolute atomic E-state index is 12.8. The minimum atomic E-state index is -3.56. The predicted octanol–water partition coefficient (Wildman–Crippen LogP) is 1.52. The molecule has 6 nitrogen and oxygen atoms in total. The zero-order valence-electron chi connectivity index (χ0n) is 12.2. The highest BCUT2D eigenvalue weighted by atomic mass is 32.2. The lowest BCUT2D eigenvalue weighted by atomic mass is 9.95. The Morgan fingerprint density at radius 2 is 2.00 bits per heavy atom. The van der Waals surface area contributed by atoms with Crippen molar-refractivity contribution in [3.8, 4) is 0 Å². The van der Waals surface area contributed by atoms with Crippen molar-refractivity contribution < 1.29 is 8.42 Å². The van der Waals surface area contributed by atoms with Crippen molar-refractivity contribution in [2.75, 3.05) is 6.54 Å². The molecule has 0 saturated heterocycles. The Kier molecular flexibility index (Phi) is 4.82. The number of nitrogens with two attached hydrogens (primary N) is 1. The van der Waals surface area contributed by atoms with Crippen LogP contribution in [-0.2, 0) is 16.6 Å². The Morgan fingerprint density at radius 3 is 2.55 bits per heavy atom. The summed E-state index contributed by atoms with van der Waals surface area (Å²) in [5, 5.41) is 6.83. The molecular formula is C13H24N4O2S. The van der Waals surface area contributed by atoms with E-state index >= 15 is 0 Å². The molecule has 114 valence electrons. The number of hydrogen-bond donors (Lipinski definition) is 2. The van der Waals surface area contributed by atoms with E-state index in [0.29, 0.717) is 12.1 Å². The van der Waals surface area contributed by atoms with Gasteiger partial charge in [-0.1, -0.05) is 26.2 Å². The third-order valence-electron chi connectivity index (χ3n) is 4.09. The van der Waals surface area contributed by atoms with Gasteiger partial charge in [-0.25, -0.2) is 8.42 Å². The smallest absolute Gasteiger partial charge is 0.262 e. The molecule has 1 aliphatic carbocycles. The highest BCUT2D eigenvalue weighted by molar-refractivity contribution is 7.89. The van der Waals surface area contributed by atoms with E-state index in [4.69, 9.17) is 5.73 Å². The Bertz CT molecular complexity index is 547. The van der Waals surface area contributed by atoms with Crippen molar-refractivity contribution in [3.05, 3.63) is 11.3 Å². The SMILES string of the molecule is CCN(C1CCCCC1)S(=O)(=O)c1n[nH]c(C)c1CN. The lowest BCUT2D eigenvalue weighted by Gasteiger charge is -2.32. The number of nitrogens with one attached hydrogen (secondary N) is 1. The Morgan fingerprint density at radius 1 is 1.35 bits per heavy atom. The summed E-state index contributed by atoms with van der Waals surface area (Å²) in [6.07, 6.45) is 5.27. The molecule has 0 aromatic carbocycles. The molecule has 1 saturated carbocycles. The molecule has 7 heteroatoms. The molecule has 0 unspecified atom stereocenters. The van der Waals surface area contributed by atoms with Gasteiger partial charge in [0.2, 0.25) is 0 Å². The zero-order chi connectivity index (χ0) is 14.8. The maximum atomic E-state index is 12.8. The summed E-state index contributed by atoms with van der Waals surface area (Å²) >= 11 is 0. The first kappa shape index (κ1) is 15.5. The number of aromatic amines is 1. The molecule has 0 amide bonds. The second kappa shape index (κ2) is 6.24. The highest BCUT2D eigenvalue weighted by Crippen LogP contribution is 2.28. The zero-order valence-corrected chi connectivity index (χ0v) is 13.0. The second-order valence-corrected chi connectivity index (χ2v) is 7.14. The van der Waals surface area contributed by atoms with Crippen molar-refractivity contribution in [1.29, 1.82) is 0 Å². The van der Waals surface area contributed by atoms with Gasteiger partial charge in [0.1, 0.15) is 0 Å². The number of aryl methyl sites for hydroxylation is 1. The van der Waals surface area contributed by atoms with Crippen LogP contribution >= 0.6 is 0 Å². The molecule has 0 spiro atoms. The van der Waals surface area contributed by atoms with Crippen LogP contribution in [0, 0.1) is 6.92 Å². The van der Waals surface area contributed by atoms with Crippen molar-refractivity contribution in [1.82, 2.24) is 14.5 Å². The molecule has 3 N–H and O–H groups in total. The summed E-state index contributed by atoms with van der Waals surface area (Å²) in [5.41, 5.74) is 6.99. The van der Waals surface area contributed by atoms with Crippen LogP contribution in [0.1, 0.15) is 50.3 Å². The van der Waals surface area contributed by atoms with Crippen molar-refractivity contribution in [2.45, 2.75) is 63.6 Å². The molecule has 20 heavy (non-hydrogen) atoms. The summed E-state index contributed by atoms with van der Waals surface area (Å²) < 4.78 is 27.3. The van der Waals surface area contributed by atoms with Gasteiger partial charge >= 0.3 is 0 Å². The molecule has 0 bridgehead atoms. The number of aromatic nitrogens is 2. The maximum Gasteiger partial charge on any atom is 0.262 e. The van der Waals surface area contributed by atoms with E-state index < -0.39 is 10.0 Å². The van der Waals surface area contributed by atoms with Crippen LogP contribution in [0.15, 0.2) is 5.03 Å². The van der Waals surface area contributed by atoms with E-state index in [1.54, 1.807) is 11.2 Å². The first-order valence-electron chi connectivity index (χ1n) is 7.28. The summed E-state index contributed by atoms with van der Waals surface area (Å²) in [4.78, 5) is 0. The van der Waals surface area contributed by atoms with Gasteiger partial charge in [0.25, 0.3) is 10.0 Å². The average Bonchev–Trinajstić information content (AvgIpc) is 2.82. The van der Waals surface area contributed by atoms with Crippen molar-refractivity contribution >= 4 is 10.0 Å². The van der Waals surface area contributed by atoms with E-state index in [0.717, 1.165) is 31.4 Å². The van der Waals surface area contributed by atoms with Gasteiger partial charge < -0.3 is 5.73 Å². The van der Waals surface area contributed by atoms with Gasteiger partial charge in [-0.2, -0.15) is 9.40 Å². The monoisotopic (exact) mass is 300 g/mol.